The van der Waals surface area contributed by atoms with E-state index in [1.165, 1.54) is 7.11 Å². The van der Waals surface area contributed by atoms with Gasteiger partial charge in [-0.05, 0) is 29.3 Å². The van der Waals surface area contributed by atoms with Gasteiger partial charge in [-0.2, -0.15) is 0 Å². The van der Waals surface area contributed by atoms with Crippen molar-refractivity contribution in [1.82, 2.24) is 19.9 Å². The Bertz CT molecular complexity index is 1070. The normalized spacial score (nSPS) is 12.0. The van der Waals surface area contributed by atoms with Crippen molar-refractivity contribution in [2.75, 3.05) is 7.11 Å². The summed E-state index contributed by atoms with van der Waals surface area (Å²) in [5.74, 6) is 0.598. The van der Waals surface area contributed by atoms with Crippen LogP contribution >= 0.6 is 0 Å². The van der Waals surface area contributed by atoms with Crippen LogP contribution in [0.1, 0.15) is 17.2 Å². The largest absolute Gasteiger partial charge is 0.367 e. The van der Waals surface area contributed by atoms with Gasteiger partial charge in [0.05, 0.1) is 11.0 Å². The fraction of sp³-hybridized carbons (Fsp3) is 0.136. The lowest BCUT2D eigenvalue weighted by Gasteiger charge is -2.15. The molecule has 0 radical (unpaired) electrons. The standard InChI is InChI=1S/C22H20N4O2/c1-28-21(17-7-3-2-4-8-17)22(27)24-14-16-11-12-20(23-13-16)26-15-25-18-9-5-6-10-19(18)26/h2-13,15,21H,14H2,1H3,(H,24,27)/t21-/m1/s1. The molecule has 4 rings (SSSR count). The van der Waals surface area contributed by atoms with Crippen molar-refractivity contribution >= 4 is 16.9 Å². The molecule has 0 saturated carbocycles. The highest BCUT2D eigenvalue weighted by atomic mass is 16.5. The zero-order valence-corrected chi connectivity index (χ0v) is 15.4. The first-order valence-electron chi connectivity index (χ1n) is 8.99. The SMILES string of the molecule is CO[C@@H](C(=O)NCc1ccc(-n2cnc3ccccc32)nc1)c1ccccc1. The Morgan fingerprint density at radius 2 is 1.82 bits per heavy atom. The summed E-state index contributed by atoms with van der Waals surface area (Å²) in [6.45, 7) is 0.378. The Kier molecular flexibility index (Phi) is 5.12. The number of nitrogens with one attached hydrogen (secondary N) is 1. The van der Waals surface area contributed by atoms with Gasteiger partial charge in [-0.15, -0.1) is 0 Å². The maximum Gasteiger partial charge on any atom is 0.254 e. The van der Waals surface area contributed by atoms with E-state index < -0.39 is 6.10 Å². The maximum absolute atomic E-state index is 12.5. The van der Waals surface area contributed by atoms with E-state index in [9.17, 15) is 4.79 Å². The van der Waals surface area contributed by atoms with Gasteiger partial charge in [0.2, 0.25) is 0 Å². The van der Waals surface area contributed by atoms with Crippen molar-refractivity contribution in [3.63, 3.8) is 0 Å². The third kappa shape index (κ3) is 3.63. The van der Waals surface area contributed by atoms with Gasteiger partial charge in [0.15, 0.2) is 6.10 Å². The van der Waals surface area contributed by atoms with Crippen LogP contribution in [0, 0.1) is 0 Å². The van der Waals surface area contributed by atoms with E-state index in [4.69, 9.17) is 4.74 Å². The average molecular weight is 372 g/mol. The quantitative estimate of drug-likeness (QED) is 0.563. The minimum absolute atomic E-state index is 0.182. The fourth-order valence-corrected chi connectivity index (χ4v) is 3.11. The number of hydrogen-bond donors (Lipinski definition) is 1. The first kappa shape index (κ1) is 17.9. The number of imidazole rings is 1. The minimum Gasteiger partial charge on any atom is -0.367 e. The molecule has 0 fully saturated rings. The molecule has 1 amide bonds. The van der Waals surface area contributed by atoms with Crippen molar-refractivity contribution in [2.24, 2.45) is 0 Å². The lowest BCUT2D eigenvalue weighted by atomic mass is 10.1. The van der Waals surface area contributed by atoms with Gasteiger partial charge in [0, 0.05) is 19.9 Å². The number of aromatic nitrogens is 3. The molecule has 0 unspecified atom stereocenters. The highest BCUT2D eigenvalue weighted by molar-refractivity contribution is 5.82. The number of carbonyl (C=O) groups excluding carboxylic acids is 1. The van der Waals surface area contributed by atoms with Crippen molar-refractivity contribution in [1.29, 1.82) is 0 Å². The molecule has 0 aliphatic rings. The smallest absolute Gasteiger partial charge is 0.254 e. The predicted molar refractivity (Wildman–Crippen MR) is 107 cm³/mol. The molecule has 2 aromatic heterocycles. The minimum atomic E-state index is -0.634. The molecular formula is C22H20N4O2. The number of pyridine rings is 1. The molecule has 4 aromatic rings. The Morgan fingerprint density at radius 3 is 2.57 bits per heavy atom. The van der Waals surface area contributed by atoms with Crippen LogP contribution in [0.3, 0.4) is 0 Å². The van der Waals surface area contributed by atoms with Crippen LogP contribution < -0.4 is 5.32 Å². The van der Waals surface area contributed by atoms with E-state index in [0.29, 0.717) is 6.54 Å². The van der Waals surface area contributed by atoms with E-state index in [-0.39, 0.29) is 5.91 Å². The summed E-state index contributed by atoms with van der Waals surface area (Å²) in [7, 11) is 1.53. The lowest BCUT2D eigenvalue weighted by Crippen LogP contribution is -2.30. The molecule has 0 bridgehead atoms. The molecule has 1 atom stereocenters. The molecular weight excluding hydrogens is 352 g/mol. The Labute approximate surface area is 162 Å². The molecule has 6 nitrogen and oxygen atoms in total. The van der Waals surface area contributed by atoms with Crippen molar-refractivity contribution < 1.29 is 9.53 Å². The molecule has 140 valence electrons. The fourth-order valence-electron chi connectivity index (χ4n) is 3.11. The van der Waals surface area contributed by atoms with Gasteiger partial charge in [-0.1, -0.05) is 48.5 Å². The van der Waals surface area contributed by atoms with E-state index in [1.54, 1.807) is 12.5 Å². The van der Waals surface area contributed by atoms with Gasteiger partial charge in [-0.3, -0.25) is 9.36 Å². The molecule has 2 heterocycles. The van der Waals surface area contributed by atoms with E-state index in [2.05, 4.69) is 15.3 Å². The van der Waals surface area contributed by atoms with Gasteiger partial charge in [0.1, 0.15) is 12.1 Å². The topological polar surface area (TPSA) is 69.0 Å². The highest BCUT2D eigenvalue weighted by Gasteiger charge is 2.19. The summed E-state index contributed by atoms with van der Waals surface area (Å²) in [4.78, 5) is 21.4. The molecule has 2 aromatic carbocycles. The Balaban J connectivity index is 1.44. The number of hydrogen-bond acceptors (Lipinski definition) is 4. The molecule has 0 saturated heterocycles. The average Bonchev–Trinajstić information content (AvgIpc) is 3.18. The number of rotatable bonds is 6. The highest BCUT2D eigenvalue weighted by Crippen LogP contribution is 2.18. The second kappa shape index (κ2) is 8.02. The van der Waals surface area contributed by atoms with E-state index >= 15 is 0 Å². The van der Waals surface area contributed by atoms with Crippen LogP contribution in [0.25, 0.3) is 16.9 Å². The molecule has 0 aliphatic carbocycles. The van der Waals surface area contributed by atoms with Crippen LogP contribution in [0.2, 0.25) is 0 Å². The molecule has 0 spiro atoms. The lowest BCUT2D eigenvalue weighted by molar-refractivity contribution is -0.131. The number of benzene rings is 2. The number of para-hydroxylation sites is 2. The summed E-state index contributed by atoms with van der Waals surface area (Å²) in [5, 5.41) is 2.91. The van der Waals surface area contributed by atoms with Crippen molar-refractivity contribution in [3.05, 3.63) is 90.4 Å². The monoisotopic (exact) mass is 372 g/mol. The van der Waals surface area contributed by atoms with Gasteiger partial charge in [-0.25, -0.2) is 9.97 Å². The number of amides is 1. The van der Waals surface area contributed by atoms with Crippen molar-refractivity contribution in [2.45, 2.75) is 12.6 Å². The number of carbonyl (C=O) groups is 1. The van der Waals surface area contributed by atoms with E-state index in [1.807, 2.05) is 71.3 Å². The Hall–Kier alpha value is -3.51. The number of methoxy groups -OCH3 is 1. The van der Waals surface area contributed by atoms with Crippen LogP contribution in [0.15, 0.2) is 79.3 Å². The van der Waals surface area contributed by atoms with Gasteiger partial charge in [0.25, 0.3) is 5.91 Å². The number of nitrogens with zero attached hydrogens (tertiary/aromatic N) is 3. The van der Waals surface area contributed by atoms with Gasteiger partial charge >= 0.3 is 0 Å². The second-order valence-electron chi connectivity index (χ2n) is 6.37. The first-order valence-corrected chi connectivity index (χ1v) is 8.99. The van der Waals surface area contributed by atoms with Crippen LogP contribution in [-0.2, 0) is 16.1 Å². The summed E-state index contributed by atoms with van der Waals surface area (Å²) in [5.41, 5.74) is 3.65. The first-order chi connectivity index (χ1) is 13.8. The zero-order valence-electron chi connectivity index (χ0n) is 15.4. The number of fused-ring (bicyclic) bond motifs is 1. The van der Waals surface area contributed by atoms with Crippen LogP contribution in [0.4, 0.5) is 0 Å². The van der Waals surface area contributed by atoms with Crippen LogP contribution in [-0.4, -0.2) is 27.6 Å². The third-order valence-electron chi connectivity index (χ3n) is 4.55. The molecule has 1 N–H and O–H groups in total. The predicted octanol–water partition coefficient (Wildman–Crippen LogP) is 3.42. The van der Waals surface area contributed by atoms with E-state index in [0.717, 1.165) is 28.0 Å². The van der Waals surface area contributed by atoms with Crippen molar-refractivity contribution in [3.8, 4) is 5.82 Å². The Morgan fingerprint density at radius 1 is 1.04 bits per heavy atom. The zero-order chi connectivity index (χ0) is 19.3. The van der Waals surface area contributed by atoms with Gasteiger partial charge < -0.3 is 10.1 Å². The van der Waals surface area contributed by atoms with Crippen LogP contribution in [0.5, 0.6) is 0 Å². The summed E-state index contributed by atoms with van der Waals surface area (Å²) < 4.78 is 7.30. The molecule has 28 heavy (non-hydrogen) atoms. The summed E-state index contributed by atoms with van der Waals surface area (Å²) in [6, 6.07) is 21.2. The number of ether oxygens (including phenoxy) is 1. The summed E-state index contributed by atoms with van der Waals surface area (Å²) >= 11 is 0. The maximum atomic E-state index is 12.5. The summed E-state index contributed by atoms with van der Waals surface area (Å²) in [6.07, 6.45) is 2.89. The third-order valence-corrected chi connectivity index (χ3v) is 4.55. The molecule has 6 heteroatoms. The second-order valence-corrected chi connectivity index (χ2v) is 6.37. The molecule has 0 aliphatic heterocycles.